The predicted molar refractivity (Wildman–Crippen MR) is 89.6 cm³/mol. The monoisotopic (exact) mass is 294 g/mol. The largest absolute Gasteiger partial charge is 0.306 e. The quantitative estimate of drug-likeness (QED) is 0.781. The van der Waals surface area contributed by atoms with E-state index in [4.69, 9.17) is 0 Å². The van der Waals surface area contributed by atoms with Crippen molar-refractivity contribution >= 4 is 10.9 Å². The molecule has 0 radical (unpaired) electrons. The first-order chi connectivity index (χ1) is 10.7. The van der Waals surface area contributed by atoms with Gasteiger partial charge in [-0.15, -0.1) is 0 Å². The molecule has 1 aromatic carbocycles. The van der Waals surface area contributed by atoms with Gasteiger partial charge in [0.15, 0.2) is 0 Å². The van der Waals surface area contributed by atoms with Crippen molar-refractivity contribution < 1.29 is 0 Å². The fraction of sp³-hybridized carbons (Fsp3) is 0.333. The van der Waals surface area contributed by atoms with Crippen LogP contribution in [0.3, 0.4) is 0 Å². The molecule has 0 spiro atoms. The van der Waals surface area contributed by atoms with Gasteiger partial charge in [0.2, 0.25) is 0 Å². The maximum Gasteiger partial charge on any atom is 0.0702 e. The Kier molecular flexibility index (Phi) is 4.20. The minimum atomic E-state index is 0.251. The van der Waals surface area contributed by atoms with Crippen molar-refractivity contribution in [1.29, 1.82) is 0 Å². The Morgan fingerprint density at radius 1 is 1.23 bits per heavy atom. The number of pyridine rings is 1. The number of para-hydroxylation sites is 1. The second-order valence-corrected chi connectivity index (χ2v) is 5.63. The average Bonchev–Trinajstić information content (AvgIpc) is 2.92. The number of aryl methyl sites for hydroxylation is 1. The van der Waals surface area contributed by atoms with E-state index in [1.165, 1.54) is 22.2 Å². The minimum absolute atomic E-state index is 0.251. The van der Waals surface area contributed by atoms with Gasteiger partial charge >= 0.3 is 0 Å². The Bertz CT molecular complexity index is 776. The predicted octanol–water partition coefficient (Wildman–Crippen LogP) is 3.61. The summed E-state index contributed by atoms with van der Waals surface area (Å²) in [5, 5.41) is 9.14. The third-order valence-corrected chi connectivity index (χ3v) is 4.21. The van der Waals surface area contributed by atoms with Gasteiger partial charge in [0.05, 0.1) is 11.7 Å². The smallest absolute Gasteiger partial charge is 0.0702 e. The fourth-order valence-corrected chi connectivity index (χ4v) is 2.68. The number of hydrogen-bond donors (Lipinski definition) is 1. The molecule has 3 rings (SSSR count). The molecule has 1 N–H and O–H groups in total. The van der Waals surface area contributed by atoms with Gasteiger partial charge in [-0.3, -0.25) is 9.67 Å². The van der Waals surface area contributed by atoms with Gasteiger partial charge in [0.1, 0.15) is 0 Å². The van der Waals surface area contributed by atoms with Gasteiger partial charge in [0.25, 0.3) is 0 Å². The molecule has 3 aromatic rings. The van der Waals surface area contributed by atoms with E-state index in [-0.39, 0.29) is 6.04 Å². The molecule has 22 heavy (non-hydrogen) atoms. The van der Waals surface area contributed by atoms with Gasteiger partial charge in [-0.1, -0.05) is 18.2 Å². The molecule has 0 bridgehead atoms. The van der Waals surface area contributed by atoms with Gasteiger partial charge in [0, 0.05) is 42.0 Å². The zero-order valence-corrected chi connectivity index (χ0v) is 13.4. The summed E-state index contributed by atoms with van der Waals surface area (Å²) in [5.41, 5.74) is 4.74. The summed E-state index contributed by atoms with van der Waals surface area (Å²) >= 11 is 0. The summed E-state index contributed by atoms with van der Waals surface area (Å²) in [6.07, 6.45) is 3.92. The van der Waals surface area contributed by atoms with Crippen LogP contribution < -0.4 is 5.32 Å². The summed E-state index contributed by atoms with van der Waals surface area (Å²) in [7, 11) is 0. The highest BCUT2D eigenvalue weighted by Crippen LogP contribution is 2.18. The molecule has 1 unspecified atom stereocenters. The van der Waals surface area contributed by atoms with Crippen molar-refractivity contribution in [3.63, 3.8) is 0 Å². The second-order valence-electron chi connectivity index (χ2n) is 5.63. The van der Waals surface area contributed by atoms with Crippen molar-refractivity contribution in [1.82, 2.24) is 20.1 Å². The van der Waals surface area contributed by atoms with E-state index in [9.17, 15) is 0 Å². The topological polar surface area (TPSA) is 42.7 Å². The molecule has 4 nitrogen and oxygen atoms in total. The second kappa shape index (κ2) is 6.28. The van der Waals surface area contributed by atoms with Gasteiger partial charge in [-0.25, -0.2) is 0 Å². The maximum absolute atomic E-state index is 4.54. The minimum Gasteiger partial charge on any atom is -0.306 e. The first-order valence-corrected chi connectivity index (χ1v) is 7.78. The van der Waals surface area contributed by atoms with Crippen LogP contribution in [0.15, 0.2) is 42.7 Å². The van der Waals surface area contributed by atoms with E-state index >= 15 is 0 Å². The lowest BCUT2D eigenvalue weighted by atomic mass is 10.1. The number of aromatic nitrogens is 3. The van der Waals surface area contributed by atoms with Crippen molar-refractivity contribution in [3.05, 3.63) is 59.5 Å². The Balaban J connectivity index is 1.72. The average molecular weight is 294 g/mol. The first-order valence-electron chi connectivity index (χ1n) is 7.78. The van der Waals surface area contributed by atoms with E-state index in [0.717, 1.165) is 18.6 Å². The van der Waals surface area contributed by atoms with Crippen molar-refractivity contribution in [2.24, 2.45) is 0 Å². The van der Waals surface area contributed by atoms with Crippen LogP contribution in [-0.2, 0) is 13.1 Å². The van der Waals surface area contributed by atoms with E-state index in [0.29, 0.717) is 0 Å². The summed E-state index contributed by atoms with van der Waals surface area (Å²) in [4.78, 5) is 4.54. The zero-order chi connectivity index (χ0) is 15.5. The highest BCUT2D eigenvalue weighted by atomic mass is 15.3. The molecule has 0 saturated heterocycles. The van der Waals surface area contributed by atoms with Crippen LogP contribution in [0.1, 0.15) is 36.7 Å². The molecule has 0 fully saturated rings. The number of benzene rings is 1. The summed E-state index contributed by atoms with van der Waals surface area (Å²) < 4.78 is 2.03. The SMILES string of the molecule is CCn1ncc(CNC(C)c2cnc3ccccc3c2)c1C. The zero-order valence-electron chi connectivity index (χ0n) is 13.4. The number of nitrogens with zero attached hydrogens (tertiary/aromatic N) is 3. The standard InChI is InChI=1S/C18H22N4/c1-4-22-14(3)17(12-21-22)11-19-13(2)16-9-15-7-5-6-8-18(15)20-10-16/h5-10,12-13,19H,4,11H2,1-3H3. The molecule has 4 heteroatoms. The molecule has 1 atom stereocenters. The Morgan fingerprint density at radius 2 is 2.05 bits per heavy atom. The van der Waals surface area contributed by atoms with Crippen LogP contribution in [0.2, 0.25) is 0 Å². The Labute approximate surface area is 131 Å². The molecular weight excluding hydrogens is 272 g/mol. The fourth-order valence-electron chi connectivity index (χ4n) is 2.68. The van der Waals surface area contributed by atoms with Gasteiger partial charge in [-0.05, 0) is 38.5 Å². The molecule has 0 amide bonds. The van der Waals surface area contributed by atoms with Crippen LogP contribution in [0.4, 0.5) is 0 Å². The molecule has 2 heterocycles. The van der Waals surface area contributed by atoms with E-state index in [2.05, 4.69) is 48.3 Å². The van der Waals surface area contributed by atoms with E-state index in [1.54, 1.807) is 0 Å². The Hall–Kier alpha value is -2.20. The highest BCUT2D eigenvalue weighted by Gasteiger charge is 2.09. The van der Waals surface area contributed by atoms with Crippen LogP contribution in [0.25, 0.3) is 10.9 Å². The van der Waals surface area contributed by atoms with Gasteiger partial charge < -0.3 is 5.32 Å². The number of nitrogens with one attached hydrogen (secondary N) is 1. The van der Waals surface area contributed by atoms with E-state index < -0.39 is 0 Å². The molecule has 0 aliphatic heterocycles. The van der Waals surface area contributed by atoms with Crippen LogP contribution in [-0.4, -0.2) is 14.8 Å². The van der Waals surface area contributed by atoms with Crippen LogP contribution >= 0.6 is 0 Å². The van der Waals surface area contributed by atoms with Gasteiger partial charge in [-0.2, -0.15) is 5.10 Å². The lowest BCUT2D eigenvalue weighted by Gasteiger charge is -2.14. The third kappa shape index (κ3) is 2.88. The number of fused-ring (bicyclic) bond motifs is 1. The molecule has 2 aromatic heterocycles. The summed E-state index contributed by atoms with van der Waals surface area (Å²) in [6, 6.07) is 10.7. The first kappa shape index (κ1) is 14.7. The number of rotatable bonds is 5. The molecule has 0 aliphatic rings. The van der Waals surface area contributed by atoms with Crippen molar-refractivity contribution in [3.8, 4) is 0 Å². The number of hydrogen-bond acceptors (Lipinski definition) is 3. The maximum atomic E-state index is 4.54. The third-order valence-electron chi connectivity index (χ3n) is 4.21. The van der Waals surface area contributed by atoms with Crippen molar-refractivity contribution in [2.75, 3.05) is 0 Å². The molecular formula is C18H22N4. The molecule has 0 saturated carbocycles. The summed E-state index contributed by atoms with van der Waals surface area (Å²) in [6.45, 7) is 8.14. The summed E-state index contributed by atoms with van der Waals surface area (Å²) in [5.74, 6) is 0. The normalized spacial score (nSPS) is 12.7. The van der Waals surface area contributed by atoms with Crippen LogP contribution in [0.5, 0.6) is 0 Å². The van der Waals surface area contributed by atoms with Crippen LogP contribution in [0, 0.1) is 6.92 Å². The lowest BCUT2D eigenvalue weighted by Crippen LogP contribution is -2.18. The van der Waals surface area contributed by atoms with E-state index in [1.807, 2.05) is 35.3 Å². The highest BCUT2D eigenvalue weighted by molar-refractivity contribution is 5.78. The lowest BCUT2D eigenvalue weighted by molar-refractivity contribution is 0.570. The van der Waals surface area contributed by atoms with Crippen molar-refractivity contribution in [2.45, 2.75) is 39.9 Å². The Morgan fingerprint density at radius 3 is 2.82 bits per heavy atom. The molecule has 0 aliphatic carbocycles. The molecule has 114 valence electrons.